The van der Waals surface area contributed by atoms with Gasteiger partial charge in [0, 0.05) is 10.6 Å². The Kier molecular flexibility index (Phi) is 5.14. The van der Waals surface area contributed by atoms with Gasteiger partial charge < -0.3 is 5.32 Å². The number of hydrogen-bond acceptors (Lipinski definition) is 4. The Morgan fingerprint density at radius 1 is 1.28 bits per heavy atom. The van der Waals surface area contributed by atoms with E-state index < -0.39 is 11.7 Å². The van der Waals surface area contributed by atoms with Crippen LogP contribution in [0.15, 0.2) is 24.4 Å². The first-order chi connectivity index (χ1) is 13.8. The van der Waals surface area contributed by atoms with Gasteiger partial charge in [-0.25, -0.2) is 4.98 Å². The molecular weight excluding hydrogens is 403 g/mol. The predicted molar refractivity (Wildman–Crippen MR) is 106 cm³/mol. The van der Waals surface area contributed by atoms with Crippen LogP contribution < -0.4 is 5.32 Å². The first kappa shape index (κ1) is 19.9. The van der Waals surface area contributed by atoms with Crippen molar-refractivity contribution < 1.29 is 13.2 Å². The Morgan fingerprint density at radius 3 is 2.69 bits per heavy atom. The Bertz CT molecular complexity index is 1040. The standard InChI is InChI=1S/C20H21ClF3N5/c1-3-4-14(12-5-6-12)15-10-25-29-18(15)26-11(2)27-19(29)28-17-8-7-13(21)9-16(17)20(22,23)24/h7-10,12,14H,3-6H2,1-2H3,(H,26,27,28). The molecule has 154 valence electrons. The molecule has 1 atom stereocenters. The summed E-state index contributed by atoms with van der Waals surface area (Å²) >= 11 is 5.78. The van der Waals surface area contributed by atoms with Gasteiger partial charge in [-0.3, -0.25) is 0 Å². The highest BCUT2D eigenvalue weighted by Crippen LogP contribution is 2.46. The van der Waals surface area contributed by atoms with Crippen LogP contribution >= 0.6 is 11.6 Å². The number of fused-ring (bicyclic) bond motifs is 1. The zero-order valence-electron chi connectivity index (χ0n) is 16.1. The van der Waals surface area contributed by atoms with Crippen molar-refractivity contribution in [1.29, 1.82) is 0 Å². The van der Waals surface area contributed by atoms with Gasteiger partial charge in [0.1, 0.15) is 5.82 Å². The van der Waals surface area contributed by atoms with Gasteiger partial charge in [0.05, 0.1) is 17.4 Å². The van der Waals surface area contributed by atoms with E-state index in [0.717, 1.165) is 24.5 Å². The van der Waals surface area contributed by atoms with Crippen molar-refractivity contribution in [3.05, 3.63) is 46.4 Å². The summed E-state index contributed by atoms with van der Waals surface area (Å²) in [6, 6.07) is 3.60. The van der Waals surface area contributed by atoms with Gasteiger partial charge in [0.2, 0.25) is 5.95 Å². The van der Waals surface area contributed by atoms with Crippen LogP contribution in [0, 0.1) is 12.8 Å². The van der Waals surface area contributed by atoms with Crippen LogP contribution in [-0.2, 0) is 6.18 Å². The molecule has 5 nitrogen and oxygen atoms in total. The quantitative estimate of drug-likeness (QED) is 0.517. The minimum absolute atomic E-state index is 0.0140. The fourth-order valence-electron chi connectivity index (χ4n) is 3.78. The van der Waals surface area contributed by atoms with Gasteiger partial charge in [-0.05, 0) is 56.2 Å². The molecule has 2 heterocycles. The summed E-state index contributed by atoms with van der Waals surface area (Å²) < 4.78 is 41.9. The maximum Gasteiger partial charge on any atom is 0.418 e. The van der Waals surface area contributed by atoms with E-state index in [9.17, 15) is 13.2 Å². The van der Waals surface area contributed by atoms with Crippen molar-refractivity contribution in [2.75, 3.05) is 5.32 Å². The Hall–Kier alpha value is -2.35. The molecule has 0 amide bonds. The Morgan fingerprint density at radius 2 is 2.03 bits per heavy atom. The molecule has 0 bridgehead atoms. The number of aromatic nitrogens is 4. The van der Waals surface area contributed by atoms with Crippen molar-refractivity contribution in [3.8, 4) is 0 Å². The lowest BCUT2D eigenvalue weighted by Crippen LogP contribution is -2.12. The molecule has 1 aliphatic carbocycles. The molecule has 0 aliphatic heterocycles. The third-order valence-corrected chi connectivity index (χ3v) is 5.47. The second-order valence-corrected chi connectivity index (χ2v) is 7.91. The summed E-state index contributed by atoms with van der Waals surface area (Å²) in [4.78, 5) is 8.84. The predicted octanol–water partition coefficient (Wildman–Crippen LogP) is 6.14. The summed E-state index contributed by atoms with van der Waals surface area (Å²) in [6.45, 7) is 3.87. The van der Waals surface area contributed by atoms with Crippen molar-refractivity contribution in [1.82, 2.24) is 19.6 Å². The molecule has 4 rings (SSSR count). The SMILES string of the molecule is CCCC(c1cnn2c(Nc3ccc(Cl)cc3C(F)(F)F)nc(C)nc12)C1CC1. The van der Waals surface area contributed by atoms with Crippen LogP contribution in [-0.4, -0.2) is 19.6 Å². The molecule has 0 saturated heterocycles. The highest BCUT2D eigenvalue weighted by atomic mass is 35.5. The number of rotatable bonds is 6. The number of alkyl halides is 3. The third kappa shape index (κ3) is 4.03. The molecule has 1 unspecified atom stereocenters. The van der Waals surface area contributed by atoms with Crippen molar-refractivity contribution >= 4 is 28.9 Å². The second kappa shape index (κ2) is 7.48. The minimum atomic E-state index is -4.55. The van der Waals surface area contributed by atoms with E-state index in [4.69, 9.17) is 11.6 Å². The van der Waals surface area contributed by atoms with E-state index in [-0.39, 0.29) is 16.7 Å². The second-order valence-electron chi connectivity index (χ2n) is 7.48. The Balaban J connectivity index is 1.78. The summed E-state index contributed by atoms with van der Waals surface area (Å²) in [7, 11) is 0. The van der Waals surface area contributed by atoms with E-state index in [2.05, 4.69) is 27.3 Å². The first-order valence-corrected chi connectivity index (χ1v) is 10.0. The average molecular weight is 424 g/mol. The van der Waals surface area contributed by atoms with Gasteiger partial charge in [0.25, 0.3) is 0 Å². The molecule has 1 fully saturated rings. The molecule has 0 spiro atoms. The number of halogens is 4. The number of nitrogens with one attached hydrogen (secondary N) is 1. The van der Waals surface area contributed by atoms with Crippen LogP contribution in [0.25, 0.3) is 5.65 Å². The molecular formula is C20H21ClF3N5. The van der Waals surface area contributed by atoms with Crippen LogP contribution in [0.3, 0.4) is 0 Å². The molecule has 0 radical (unpaired) electrons. The highest BCUT2D eigenvalue weighted by Gasteiger charge is 2.35. The maximum atomic E-state index is 13.5. The van der Waals surface area contributed by atoms with E-state index >= 15 is 0 Å². The summed E-state index contributed by atoms with van der Waals surface area (Å²) in [5.74, 6) is 1.65. The smallest absolute Gasteiger partial charge is 0.323 e. The largest absolute Gasteiger partial charge is 0.418 e. The van der Waals surface area contributed by atoms with Crippen LogP contribution in [0.1, 0.15) is 55.5 Å². The number of benzene rings is 1. The van der Waals surface area contributed by atoms with Crippen molar-refractivity contribution in [3.63, 3.8) is 0 Å². The van der Waals surface area contributed by atoms with Crippen LogP contribution in [0.2, 0.25) is 5.02 Å². The van der Waals surface area contributed by atoms with Crippen molar-refractivity contribution in [2.24, 2.45) is 5.92 Å². The lowest BCUT2D eigenvalue weighted by molar-refractivity contribution is -0.136. The zero-order chi connectivity index (χ0) is 20.8. The van der Waals surface area contributed by atoms with E-state index in [1.807, 2.05) is 0 Å². The van der Waals surface area contributed by atoms with Gasteiger partial charge in [-0.15, -0.1) is 0 Å². The zero-order valence-corrected chi connectivity index (χ0v) is 16.8. The van der Waals surface area contributed by atoms with Crippen LogP contribution in [0.5, 0.6) is 0 Å². The number of aryl methyl sites for hydroxylation is 1. The van der Waals surface area contributed by atoms with Gasteiger partial charge >= 0.3 is 6.18 Å². The van der Waals surface area contributed by atoms with Gasteiger partial charge in [-0.1, -0.05) is 24.9 Å². The van der Waals surface area contributed by atoms with E-state index in [0.29, 0.717) is 23.3 Å². The lowest BCUT2D eigenvalue weighted by atomic mass is 9.92. The molecule has 29 heavy (non-hydrogen) atoms. The average Bonchev–Trinajstić information content (AvgIpc) is 3.40. The van der Waals surface area contributed by atoms with Gasteiger partial charge in [0.15, 0.2) is 5.65 Å². The molecule has 1 aliphatic rings. The van der Waals surface area contributed by atoms with Crippen LogP contribution in [0.4, 0.5) is 24.8 Å². The third-order valence-electron chi connectivity index (χ3n) is 5.23. The molecule has 3 aromatic rings. The number of anilines is 2. The topological polar surface area (TPSA) is 55.1 Å². The fourth-order valence-corrected chi connectivity index (χ4v) is 3.95. The number of nitrogens with zero attached hydrogens (tertiary/aromatic N) is 4. The molecule has 1 N–H and O–H groups in total. The van der Waals surface area contributed by atoms with E-state index in [1.165, 1.54) is 29.5 Å². The molecule has 1 aromatic carbocycles. The number of hydrogen-bond donors (Lipinski definition) is 1. The summed E-state index contributed by atoms with van der Waals surface area (Å²) in [5, 5.41) is 7.20. The monoisotopic (exact) mass is 423 g/mol. The minimum Gasteiger partial charge on any atom is -0.323 e. The summed E-state index contributed by atoms with van der Waals surface area (Å²) in [5.41, 5.74) is 0.692. The maximum absolute atomic E-state index is 13.5. The van der Waals surface area contributed by atoms with E-state index in [1.54, 1.807) is 13.1 Å². The fraction of sp³-hybridized carbons (Fsp3) is 0.450. The normalized spacial score (nSPS) is 15.7. The van der Waals surface area contributed by atoms with Gasteiger partial charge in [-0.2, -0.15) is 27.8 Å². The first-order valence-electron chi connectivity index (χ1n) is 9.64. The highest BCUT2D eigenvalue weighted by molar-refractivity contribution is 6.30. The van der Waals surface area contributed by atoms with Crippen molar-refractivity contribution in [2.45, 2.75) is 51.6 Å². The Labute approximate surface area is 171 Å². The molecule has 2 aromatic heterocycles. The summed E-state index contributed by atoms with van der Waals surface area (Å²) in [6.07, 6.45) is 1.69. The molecule has 9 heteroatoms. The molecule has 1 saturated carbocycles. The lowest BCUT2D eigenvalue weighted by Gasteiger charge is -2.16.